The molecule has 4 nitrogen and oxygen atoms in total. The fraction of sp³-hybridized carbons (Fsp3) is 0.545. The maximum absolute atomic E-state index is 14.5. The van der Waals surface area contributed by atoms with Gasteiger partial charge in [-0.1, -0.05) is 49.5 Å². The van der Waals surface area contributed by atoms with Crippen molar-refractivity contribution >= 4 is 17.5 Å². The Morgan fingerprint density at radius 1 is 1.29 bits per heavy atom. The highest BCUT2D eigenvalue weighted by atomic mass is 35.5. The lowest BCUT2D eigenvalue weighted by Gasteiger charge is -2.42. The van der Waals surface area contributed by atoms with Crippen molar-refractivity contribution in [3.05, 3.63) is 51.6 Å². The zero-order valence-electron chi connectivity index (χ0n) is 17.0. The van der Waals surface area contributed by atoms with Crippen LogP contribution in [0.1, 0.15) is 55.7 Å². The molecule has 1 amide bonds. The van der Waals surface area contributed by atoms with E-state index in [2.05, 4.69) is 19.0 Å². The van der Waals surface area contributed by atoms with Gasteiger partial charge in [-0.3, -0.25) is 4.79 Å². The number of benzene rings is 1. The number of hydrogen-bond acceptors (Lipinski definition) is 3. The molecular weight excluding hydrogens is 379 g/mol. The Bertz CT molecular complexity index is 811. The van der Waals surface area contributed by atoms with Crippen LogP contribution in [0.4, 0.5) is 4.39 Å². The van der Waals surface area contributed by atoms with Crippen molar-refractivity contribution in [2.24, 2.45) is 11.8 Å². The van der Waals surface area contributed by atoms with Gasteiger partial charge in [0.05, 0.1) is 18.7 Å². The molecule has 2 aromatic rings. The van der Waals surface area contributed by atoms with E-state index in [4.69, 9.17) is 16.1 Å². The quantitative estimate of drug-likeness (QED) is 0.660. The topological polar surface area (TPSA) is 46.3 Å². The molecule has 1 saturated carbocycles. The van der Waals surface area contributed by atoms with Gasteiger partial charge in [-0.2, -0.15) is 0 Å². The van der Waals surface area contributed by atoms with Crippen LogP contribution in [0.3, 0.4) is 0 Å². The first kappa shape index (κ1) is 20.8. The van der Waals surface area contributed by atoms with Crippen LogP contribution in [0.25, 0.3) is 0 Å². The van der Waals surface area contributed by atoms with Gasteiger partial charge < -0.3 is 9.42 Å². The zero-order valence-corrected chi connectivity index (χ0v) is 17.7. The Hall–Kier alpha value is -1.88. The highest BCUT2D eigenvalue weighted by molar-refractivity contribution is 6.31. The molecule has 1 aliphatic rings. The van der Waals surface area contributed by atoms with Crippen molar-refractivity contribution in [1.82, 2.24) is 10.1 Å². The van der Waals surface area contributed by atoms with E-state index in [-0.39, 0.29) is 30.7 Å². The fourth-order valence-corrected chi connectivity index (χ4v) is 4.47. The molecule has 0 radical (unpaired) electrons. The van der Waals surface area contributed by atoms with Gasteiger partial charge >= 0.3 is 0 Å². The number of carbonyl (C=O) groups is 1. The standard InChI is InChI=1S/C22H28ClFN2O2/c1-13-7-5-10-21(14(13)2)26(12-18-19(23)8-6-9-20(18)24)22(27)11-17-15(3)25-28-16(17)4/h6,8-9,13-14,21H,5,7,10-12H2,1-4H3. The summed E-state index contributed by atoms with van der Waals surface area (Å²) in [4.78, 5) is 15.2. The average Bonchev–Trinajstić information content (AvgIpc) is 2.96. The predicted molar refractivity (Wildman–Crippen MR) is 108 cm³/mol. The number of hydrogen-bond donors (Lipinski definition) is 0. The van der Waals surface area contributed by atoms with Gasteiger partial charge in [0.25, 0.3) is 0 Å². The van der Waals surface area contributed by atoms with Crippen LogP contribution < -0.4 is 0 Å². The zero-order chi connectivity index (χ0) is 20.4. The Labute approximate surface area is 171 Å². The van der Waals surface area contributed by atoms with E-state index in [0.717, 1.165) is 30.5 Å². The van der Waals surface area contributed by atoms with Crippen LogP contribution in [0.2, 0.25) is 5.02 Å². The Morgan fingerprint density at radius 3 is 2.68 bits per heavy atom. The van der Waals surface area contributed by atoms with Crippen LogP contribution in [0, 0.1) is 31.5 Å². The number of nitrogens with zero attached hydrogens (tertiary/aromatic N) is 2. The lowest BCUT2D eigenvalue weighted by atomic mass is 9.77. The van der Waals surface area contributed by atoms with Crippen molar-refractivity contribution in [1.29, 1.82) is 0 Å². The lowest BCUT2D eigenvalue weighted by molar-refractivity contribution is -0.136. The van der Waals surface area contributed by atoms with Gasteiger partial charge in [0.2, 0.25) is 5.91 Å². The minimum Gasteiger partial charge on any atom is -0.361 e. The molecule has 1 fully saturated rings. The van der Waals surface area contributed by atoms with Crippen LogP contribution in [0.5, 0.6) is 0 Å². The molecule has 1 heterocycles. The summed E-state index contributed by atoms with van der Waals surface area (Å²) in [5.41, 5.74) is 1.91. The first-order chi connectivity index (χ1) is 13.3. The van der Waals surface area contributed by atoms with E-state index in [1.165, 1.54) is 6.07 Å². The number of amides is 1. The van der Waals surface area contributed by atoms with Crippen molar-refractivity contribution in [2.45, 2.75) is 66.0 Å². The molecule has 0 spiro atoms. The number of aryl methyl sites for hydroxylation is 2. The second-order valence-corrected chi connectivity index (χ2v) is 8.44. The van der Waals surface area contributed by atoms with Gasteiger partial charge in [0, 0.05) is 22.2 Å². The van der Waals surface area contributed by atoms with Crippen LogP contribution in [-0.2, 0) is 17.8 Å². The van der Waals surface area contributed by atoms with E-state index < -0.39 is 0 Å². The molecule has 3 atom stereocenters. The van der Waals surface area contributed by atoms with Gasteiger partial charge in [0.15, 0.2) is 0 Å². The molecule has 3 rings (SSSR count). The number of rotatable bonds is 5. The normalized spacial score (nSPS) is 22.3. The third kappa shape index (κ3) is 4.24. The highest BCUT2D eigenvalue weighted by Crippen LogP contribution is 2.35. The van der Waals surface area contributed by atoms with Crippen LogP contribution in [0.15, 0.2) is 22.7 Å². The molecule has 1 aromatic carbocycles. The number of carbonyl (C=O) groups excluding carboxylic acids is 1. The van der Waals surface area contributed by atoms with Gasteiger partial charge in [-0.15, -0.1) is 0 Å². The monoisotopic (exact) mass is 406 g/mol. The maximum Gasteiger partial charge on any atom is 0.227 e. The summed E-state index contributed by atoms with van der Waals surface area (Å²) in [6.45, 7) is 8.24. The van der Waals surface area contributed by atoms with Crippen molar-refractivity contribution in [2.75, 3.05) is 0 Å². The molecule has 28 heavy (non-hydrogen) atoms. The van der Waals surface area contributed by atoms with E-state index in [1.807, 2.05) is 18.7 Å². The molecular formula is C22H28ClFN2O2. The number of halogens is 2. The average molecular weight is 407 g/mol. The SMILES string of the molecule is Cc1noc(C)c1CC(=O)N(Cc1c(F)cccc1Cl)C1CCCC(C)C1C. The summed E-state index contributed by atoms with van der Waals surface area (Å²) < 4.78 is 19.7. The second-order valence-electron chi connectivity index (χ2n) is 8.04. The molecule has 0 saturated heterocycles. The summed E-state index contributed by atoms with van der Waals surface area (Å²) >= 11 is 6.27. The first-order valence-electron chi connectivity index (χ1n) is 9.93. The van der Waals surface area contributed by atoms with Crippen molar-refractivity contribution in [3.8, 4) is 0 Å². The molecule has 0 N–H and O–H groups in total. The molecule has 0 aliphatic heterocycles. The minimum absolute atomic E-state index is 0.0420. The van der Waals surface area contributed by atoms with Gasteiger partial charge in [0.1, 0.15) is 11.6 Å². The highest BCUT2D eigenvalue weighted by Gasteiger charge is 2.35. The predicted octanol–water partition coefficient (Wildman–Crippen LogP) is 5.48. The lowest BCUT2D eigenvalue weighted by Crippen LogP contribution is -2.47. The minimum atomic E-state index is -0.376. The molecule has 0 bridgehead atoms. The van der Waals surface area contributed by atoms with E-state index in [1.54, 1.807) is 12.1 Å². The smallest absolute Gasteiger partial charge is 0.227 e. The molecule has 6 heteroatoms. The Balaban J connectivity index is 1.93. The molecule has 3 unspecified atom stereocenters. The summed E-state index contributed by atoms with van der Waals surface area (Å²) in [6, 6.07) is 4.71. The third-order valence-electron chi connectivity index (χ3n) is 6.28. The molecule has 152 valence electrons. The summed E-state index contributed by atoms with van der Waals surface area (Å²) in [7, 11) is 0. The van der Waals surface area contributed by atoms with Gasteiger partial charge in [-0.05, 0) is 44.2 Å². The second kappa shape index (κ2) is 8.64. The molecule has 1 aromatic heterocycles. The summed E-state index contributed by atoms with van der Waals surface area (Å²) in [5.74, 6) is 1.09. The summed E-state index contributed by atoms with van der Waals surface area (Å²) in [5, 5.41) is 4.31. The van der Waals surface area contributed by atoms with Crippen molar-refractivity contribution < 1.29 is 13.7 Å². The van der Waals surface area contributed by atoms with E-state index >= 15 is 0 Å². The maximum atomic E-state index is 14.5. The largest absolute Gasteiger partial charge is 0.361 e. The van der Waals surface area contributed by atoms with Crippen LogP contribution in [-0.4, -0.2) is 22.0 Å². The summed E-state index contributed by atoms with van der Waals surface area (Å²) in [6.07, 6.45) is 3.34. The molecule has 1 aliphatic carbocycles. The van der Waals surface area contributed by atoms with E-state index in [0.29, 0.717) is 28.2 Å². The Morgan fingerprint density at radius 2 is 2.04 bits per heavy atom. The van der Waals surface area contributed by atoms with Crippen molar-refractivity contribution in [3.63, 3.8) is 0 Å². The first-order valence-corrected chi connectivity index (χ1v) is 10.3. The van der Waals surface area contributed by atoms with Gasteiger partial charge in [-0.25, -0.2) is 4.39 Å². The van der Waals surface area contributed by atoms with E-state index in [9.17, 15) is 9.18 Å². The fourth-order valence-electron chi connectivity index (χ4n) is 4.24. The Kier molecular flexibility index (Phi) is 6.43. The number of aromatic nitrogens is 1. The third-order valence-corrected chi connectivity index (χ3v) is 6.64. The van der Waals surface area contributed by atoms with Crippen LogP contribution >= 0.6 is 11.6 Å².